The molecule has 0 atom stereocenters. The number of thioether (sulfide) groups is 1. The molecule has 2 rings (SSSR count). The van der Waals surface area contributed by atoms with Crippen molar-refractivity contribution in [3.63, 3.8) is 0 Å². The maximum Gasteiger partial charge on any atom is 0.209 e. The fraction of sp³-hybridized carbons (Fsp3) is 0.889. The maximum absolute atomic E-state index is 6.11. The molecule has 4 nitrogen and oxygen atoms in total. The highest BCUT2D eigenvalue weighted by Crippen LogP contribution is 2.43. The van der Waals surface area contributed by atoms with Crippen LogP contribution in [0.4, 0.5) is 0 Å². The van der Waals surface area contributed by atoms with Crippen LogP contribution in [0.3, 0.4) is 0 Å². The van der Waals surface area contributed by atoms with Gasteiger partial charge in [0.1, 0.15) is 0 Å². The van der Waals surface area contributed by atoms with E-state index in [-0.39, 0.29) is 4.75 Å². The van der Waals surface area contributed by atoms with E-state index in [4.69, 9.17) is 11.6 Å². The zero-order chi connectivity index (χ0) is 10.7. The summed E-state index contributed by atoms with van der Waals surface area (Å²) in [5, 5.41) is 12.4. The summed E-state index contributed by atoms with van der Waals surface area (Å²) in [4.78, 5) is 0. The van der Waals surface area contributed by atoms with E-state index in [1.807, 2.05) is 7.05 Å². The third kappa shape index (κ3) is 2.45. The summed E-state index contributed by atoms with van der Waals surface area (Å²) < 4.78 is 1.87. The van der Waals surface area contributed by atoms with Crippen molar-refractivity contribution in [3.8, 4) is 0 Å². The molecule has 0 aliphatic heterocycles. The number of aryl methyl sites for hydroxylation is 1. The number of hydrogen-bond acceptors (Lipinski definition) is 4. The van der Waals surface area contributed by atoms with Gasteiger partial charge in [0.15, 0.2) is 0 Å². The molecule has 0 aromatic carbocycles. The SMILES string of the molecule is Cn1nnnc1SC1(CCl)CCCCC1. The van der Waals surface area contributed by atoms with E-state index in [1.54, 1.807) is 16.4 Å². The Hall–Kier alpha value is -0.290. The van der Waals surface area contributed by atoms with Gasteiger partial charge in [-0.3, -0.25) is 0 Å². The molecule has 1 fully saturated rings. The fourth-order valence-corrected chi connectivity index (χ4v) is 3.57. The van der Waals surface area contributed by atoms with Crippen molar-refractivity contribution in [1.82, 2.24) is 20.2 Å². The maximum atomic E-state index is 6.11. The zero-order valence-corrected chi connectivity index (χ0v) is 10.4. The minimum Gasteiger partial charge on any atom is -0.224 e. The Morgan fingerprint density at radius 3 is 2.67 bits per heavy atom. The molecular weight excluding hydrogens is 232 g/mol. The Kier molecular flexibility index (Phi) is 3.51. The van der Waals surface area contributed by atoms with Crippen LogP contribution >= 0.6 is 23.4 Å². The molecule has 0 N–H and O–H groups in total. The van der Waals surface area contributed by atoms with Crippen molar-refractivity contribution < 1.29 is 0 Å². The molecule has 0 bridgehead atoms. The molecule has 6 heteroatoms. The van der Waals surface area contributed by atoms with Crippen LogP contribution in [0.15, 0.2) is 5.16 Å². The van der Waals surface area contributed by atoms with E-state index in [0.29, 0.717) is 5.88 Å². The molecule has 0 radical (unpaired) electrons. The predicted molar refractivity (Wildman–Crippen MR) is 61.2 cm³/mol. The van der Waals surface area contributed by atoms with Crippen molar-refractivity contribution in [2.45, 2.75) is 42.0 Å². The van der Waals surface area contributed by atoms with Crippen LogP contribution in [0.25, 0.3) is 0 Å². The Balaban J connectivity index is 2.10. The molecule has 15 heavy (non-hydrogen) atoms. The van der Waals surface area contributed by atoms with Gasteiger partial charge < -0.3 is 0 Å². The van der Waals surface area contributed by atoms with Gasteiger partial charge in [-0.2, -0.15) is 0 Å². The normalized spacial score (nSPS) is 20.4. The molecule has 0 saturated heterocycles. The van der Waals surface area contributed by atoms with Gasteiger partial charge in [0.2, 0.25) is 5.16 Å². The standard InChI is InChI=1S/C9H15ClN4S/c1-14-8(11-12-13-14)15-9(7-10)5-3-2-4-6-9/h2-7H2,1H3. The largest absolute Gasteiger partial charge is 0.224 e. The minimum atomic E-state index is 0.155. The number of aromatic nitrogens is 4. The van der Waals surface area contributed by atoms with E-state index in [1.165, 1.54) is 32.1 Å². The molecular formula is C9H15ClN4S. The lowest BCUT2D eigenvalue weighted by molar-refractivity contribution is 0.423. The minimum absolute atomic E-state index is 0.155. The van der Waals surface area contributed by atoms with E-state index in [0.717, 1.165) is 5.16 Å². The van der Waals surface area contributed by atoms with Crippen molar-refractivity contribution >= 4 is 23.4 Å². The molecule has 0 spiro atoms. The van der Waals surface area contributed by atoms with Crippen molar-refractivity contribution in [2.24, 2.45) is 7.05 Å². The highest BCUT2D eigenvalue weighted by Gasteiger charge is 2.34. The number of hydrogen-bond donors (Lipinski definition) is 0. The molecule has 1 aromatic heterocycles. The van der Waals surface area contributed by atoms with Gasteiger partial charge in [-0.25, -0.2) is 4.68 Å². The summed E-state index contributed by atoms with van der Waals surface area (Å²) in [6, 6.07) is 0. The van der Waals surface area contributed by atoms with E-state index in [2.05, 4.69) is 15.5 Å². The molecule has 1 heterocycles. The molecule has 0 amide bonds. The van der Waals surface area contributed by atoms with Crippen LogP contribution < -0.4 is 0 Å². The predicted octanol–water partition coefficient (Wildman–Crippen LogP) is 2.24. The van der Waals surface area contributed by atoms with Gasteiger partial charge in [-0.15, -0.1) is 16.7 Å². The van der Waals surface area contributed by atoms with E-state index >= 15 is 0 Å². The highest BCUT2D eigenvalue weighted by molar-refractivity contribution is 8.00. The number of alkyl halides is 1. The average Bonchev–Trinajstić information content (AvgIpc) is 2.66. The monoisotopic (exact) mass is 246 g/mol. The lowest BCUT2D eigenvalue weighted by atomic mass is 9.90. The smallest absolute Gasteiger partial charge is 0.209 e. The van der Waals surface area contributed by atoms with Crippen LogP contribution in [0.2, 0.25) is 0 Å². The van der Waals surface area contributed by atoms with Crippen LogP contribution in [0.1, 0.15) is 32.1 Å². The quantitative estimate of drug-likeness (QED) is 0.768. The first kappa shape index (κ1) is 11.2. The average molecular weight is 247 g/mol. The lowest BCUT2D eigenvalue weighted by Gasteiger charge is -2.33. The molecule has 1 saturated carbocycles. The topological polar surface area (TPSA) is 43.6 Å². The Morgan fingerprint density at radius 2 is 2.13 bits per heavy atom. The molecule has 0 unspecified atom stereocenters. The third-order valence-corrected chi connectivity index (χ3v) is 5.08. The summed E-state index contributed by atoms with van der Waals surface area (Å²) in [6.45, 7) is 0. The first-order valence-electron chi connectivity index (χ1n) is 5.23. The number of tetrazole rings is 1. The molecule has 1 aromatic rings. The van der Waals surface area contributed by atoms with Gasteiger partial charge in [0.25, 0.3) is 0 Å². The van der Waals surface area contributed by atoms with Gasteiger partial charge in [-0.1, -0.05) is 31.0 Å². The zero-order valence-electron chi connectivity index (χ0n) is 8.82. The van der Waals surface area contributed by atoms with E-state index in [9.17, 15) is 0 Å². The second-order valence-corrected chi connectivity index (χ2v) is 5.77. The summed E-state index contributed by atoms with van der Waals surface area (Å²) >= 11 is 7.85. The number of rotatable bonds is 3. The van der Waals surface area contributed by atoms with Gasteiger partial charge in [-0.05, 0) is 23.3 Å². The second kappa shape index (κ2) is 4.70. The molecule has 84 valence electrons. The van der Waals surface area contributed by atoms with Crippen molar-refractivity contribution in [2.75, 3.05) is 5.88 Å². The Bertz CT molecular complexity index is 322. The van der Waals surface area contributed by atoms with Crippen LogP contribution in [0.5, 0.6) is 0 Å². The van der Waals surface area contributed by atoms with E-state index < -0.39 is 0 Å². The summed E-state index contributed by atoms with van der Waals surface area (Å²) in [5.74, 6) is 0.685. The van der Waals surface area contributed by atoms with Gasteiger partial charge in [0.05, 0.1) is 0 Å². The van der Waals surface area contributed by atoms with Gasteiger partial charge in [0, 0.05) is 17.7 Å². The van der Waals surface area contributed by atoms with Crippen molar-refractivity contribution in [3.05, 3.63) is 0 Å². The summed E-state index contributed by atoms with van der Waals surface area (Å²) in [5.41, 5.74) is 0. The van der Waals surface area contributed by atoms with Gasteiger partial charge >= 0.3 is 0 Å². The van der Waals surface area contributed by atoms with Crippen LogP contribution in [0, 0.1) is 0 Å². The first-order chi connectivity index (χ1) is 7.26. The fourth-order valence-electron chi connectivity index (χ4n) is 1.96. The van der Waals surface area contributed by atoms with Crippen molar-refractivity contribution in [1.29, 1.82) is 0 Å². The third-order valence-electron chi connectivity index (χ3n) is 2.90. The van der Waals surface area contributed by atoms with Crippen LogP contribution in [-0.4, -0.2) is 30.8 Å². The first-order valence-corrected chi connectivity index (χ1v) is 6.58. The highest BCUT2D eigenvalue weighted by atomic mass is 35.5. The summed E-state index contributed by atoms with van der Waals surface area (Å²) in [7, 11) is 1.87. The van der Waals surface area contributed by atoms with Crippen LogP contribution in [-0.2, 0) is 7.05 Å². The molecule has 1 aliphatic rings. The Labute approximate surface area is 98.8 Å². The summed E-state index contributed by atoms with van der Waals surface area (Å²) in [6.07, 6.45) is 6.22. The number of nitrogens with zero attached hydrogens (tertiary/aromatic N) is 4. The number of halogens is 1. The lowest BCUT2D eigenvalue weighted by Crippen LogP contribution is -2.30. The Morgan fingerprint density at radius 1 is 1.40 bits per heavy atom. The molecule has 1 aliphatic carbocycles. The second-order valence-electron chi connectivity index (χ2n) is 4.06.